The maximum Gasteiger partial charge on any atom is 0.236 e. The van der Waals surface area contributed by atoms with Gasteiger partial charge in [0.15, 0.2) is 0 Å². The summed E-state index contributed by atoms with van der Waals surface area (Å²) in [5.41, 5.74) is 1.25. The van der Waals surface area contributed by atoms with Crippen molar-refractivity contribution in [2.45, 2.75) is 13.8 Å². The van der Waals surface area contributed by atoms with Crippen LogP contribution in [0.15, 0.2) is 30.3 Å². The monoisotopic (exact) mass is 275 g/mol. The van der Waals surface area contributed by atoms with Crippen LogP contribution < -0.4 is 4.90 Å². The van der Waals surface area contributed by atoms with Crippen molar-refractivity contribution in [1.29, 1.82) is 0 Å². The van der Waals surface area contributed by atoms with Crippen molar-refractivity contribution in [1.82, 2.24) is 9.80 Å². The second kappa shape index (κ2) is 7.29. The molecule has 1 saturated heterocycles. The van der Waals surface area contributed by atoms with Crippen LogP contribution in [-0.2, 0) is 4.79 Å². The van der Waals surface area contributed by atoms with Gasteiger partial charge in [0.2, 0.25) is 5.91 Å². The molecule has 4 heteroatoms. The number of carbonyl (C=O) groups excluding carboxylic acids is 1. The summed E-state index contributed by atoms with van der Waals surface area (Å²) >= 11 is 0. The third-order valence-electron chi connectivity index (χ3n) is 4.01. The summed E-state index contributed by atoms with van der Waals surface area (Å²) in [6.45, 7) is 10.1. The number of carbonyl (C=O) groups is 1. The number of anilines is 1. The quantitative estimate of drug-likeness (QED) is 0.818. The van der Waals surface area contributed by atoms with E-state index < -0.39 is 0 Å². The summed E-state index contributed by atoms with van der Waals surface area (Å²) in [5.74, 6) is 0.265. The second-order valence-electron chi connectivity index (χ2n) is 5.16. The highest BCUT2D eigenvalue weighted by Gasteiger charge is 2.21. The largest absolute Gasteiger partial charge is 0.368 e. The molecule has 0 aliphatic carbocycles. The fourth-order valence-electron chi connectivity index (χ4n) is 2.59. The molecule has 1 aromatic rings. The standard InChI is InChI=1S/C16H25N3O/c1-3-17(4-2)14-16(20)19-12-10-18(11-13-19)15-8-6-5-7-9-15/h5-9H,3-4,10-14H2,1-2H3. The van der Waals surface area contributed by atoms with Crippen molar-refractivity contribution in [2.75, 3.05) is 50.7 Å². The van der Waals surface area contributed by atoms with Gasteiger partial charge in [0.25, 0.3) is 0 Å². The highest BCUT2D eigenvalue weighted by molar-refractivity contribution is 5.78. The second-order valence-corrected chi connectivity index (χ2v) is 5.16. The molecule has 0 saturated carbocycles. The summed E-state index contributed by atoms with van der Waals surface area (Å²) in [7, 11) is 0. The predicted molar refractivity (Wildman–Crippen MR) is 83.0 cm³/mol. The van der Waals surface area contributed by atoms with E-state index in [9.17, 15) is 4.79 Å². The zero-order valence-electron chi connectivity index (χ0n) is 12.6. The molecular formula is C16H25N3O. The summed E-state index contributed by atoms with van der Waals surface area (Å²) in [6.07, 6.45) is 0. The Morgan fingerprint density at radius 2 is 1.65 bits per heavy atom. The van der Waals surface area contributed by atoms with Crippen molar-refractivity contribution in [3.8, 4) is 0 Å². The minimum Gasteiger partial charge on any atom is -0.368 e. The fourth-order valence-corrected chi connectivity index (χ4v) is 2.59. The maximum atomic E-state index is 12.2. The molecule has 0 spiro atoms. The Bertz CT molecular complexity index is 409. The Morgan fingerprint density at radius 1 is 1.05 bits per heavy atom. The first-order chi connectivity index (χ1) is 9.74. The molecule has 20 heavy (non-hydrogen) atoms. The highest BCUT2D eigenvalue weighted by atomic mass is 16.2. The molecule has 110 valence electrons. The van der Waals surface area contributed by atoms with E-state index in [2.05, 4.69) is 47.9 Å². The van der Waals surface area contributed by atoms with Crippen LogP contribution in [0.3, 0.4) is 0 Å². The Labute approximate surface area is 122 Å². The van der Waals surface area contributed by atoms with Crippen molar-refractivity contribution >= 4 is 11.6 Å². The normalized spacial score (nSPS) is 15.8. The molecule has 1 aliphatic rings. The summed E-state index contributed by atoms with van der Waals surface area (Å²) in [4.78, 5) is 18.8. The molecule has 0 atom stereocenters. The minimum atomic E-state index is 0.265. The van der Waals surface area contributed by atoms with E-state index in [0.29, 0.717) is 6.54 Å². The lowest BCUT2D eigenvalue weighted by atomic mass is 10.2. The molecule has 0 unspecified atom stereocenters. The smallest absolute Gasteiger partial charge is 0.236 e. The van der Waals surface area contributed by atoms with Gasteiger partial charge in [-0.1, -0.05) is 32.0 Å². The average Bonchev–Trinajstić information content (AvgIpc) is 2.53. The van der Waals surface area contributed by atoms with Crippen LogP contribution in [0.25, 0.3) is 0 Å². The zero-order valence-corrected chi connectivity index (χ0v) is 12.6. The van der Waals surface area contributed by atoms with Crippen LogP contribution in [0, 0.1) is 0 Å². The topological polar surface area (TPSA) is 26.8 Å². The van der Waals surface area contributed by atoms with Gasteiger partial charge in [-0.3, -0.25) is 9.69 Å². The van der Waals surface area contributed by atoms with E-state index in [1.165, 1.54) is 5.69 Å². The third-order valence-corrected chi connectivity index (χ3v) is 4.01. The highest BCUT2D eigenvalue weighted by Crippen LogP contribution is 2.15. The lowest BCUT2D eigenvalue weighted by molar-refractivity contribution is -0.132. The lowest BCUT2D eigenvalue weighted by Gasteiger charge is -2.36. The molecule has 1 heterocycles. The van der Waals surface area contributed by atoms with E-state index in [4.69, 9.17) is 0 Å². The molecule has 0 aromatic heterocycles. The van der Waals surface area contributed by atoms with Gasteiger partial charge in [0.05, 0.1) is 6.54 Å². The van der Waals surface area contributed by atoms with E-state index in [-0.39, 0.29) is 5.91 Å². The van der Waals surface area contributed by atoms with Crippen molar-refractivity contribution in [2.24, 2.45) is 0 Å². The van der Waals surface area contributed by atoms with E-state index >= 15 is 0 Å². The minimum absolute atomic E-state index is 0.265. The molecule has 0 radical (unpaired) electrons. The van der Waals surface area contributed by atoms with Gasteiger partial charge in [0, 0.05) is 31.9 Å². The first kappa shape index (κ1) is 14.9. The van der Waals surface area contributed by atoms with Gasteiger partial charge < -0.3 is 9.80 Å². The number of rotatable bonds is 5. The summed E-state index contributed by atoms with van der Waals surface area (Å²) in [6, 6.07) is 10.4. The number of piperazine rings is 1. The summed E-state index contributed by atoms with van der Waals surface area (Å²) < 4.78 is 0. The number of hydrogen-bond donors (Lipinski definition) is 0. The van der Waals surface area contributed by atoms with E-state index in [1.54, 1.807) is 0 Å². The Kier molecular flexibility index (Phi) is 5.41. The number of nitrogens with zero attached hydrogens (tertiary/aromatic N) is 3. The van der Waals surface area contributed by atoms with Crippen molar-refractivity contribution in [3.63, 3.8) is 0 Å². The van der Waals surface area contributed by atoms with Crippen molar-refractivity contribution in [3.05, 3.63) is 30.3 Å². The van der Waals surface area contributed by atoms with Crippen LogP contribution in [0.1, 0.15) is 13.8 Å². The van der Waals surface area contributed by atoms with Gasteiger partial charge in [0.1, 0.15) is 0 Å². The van der Waals surface area contributed by atoms with Crippen LogP contribution in [0.2, 0.25) is 0 Å². The Hall–Kier alpha value is -1.55. The fraction of sp³-hybridized carbons (Fsp3) is 0.562. The molecule has 0 N–H and O–H groups in total. The number of hydrogen-bond acceptors (Lipinski definition) is 3. The van der Waals surface area contributed by atoms with Crippen LogP contribution in [-0.4, -0.2) is 61.5 Å². The predicted octanol–water partition coefficient (Wildman–Crippen LogP) is 1.68. The molecule has 2 rings (SSSR count). The van der Waals surface area contributed by atoms with Gasteiger partial charge in [-0.2, -0.15) is 0 Å². The molecule has 1 fully saturated rings. The zero-order chi connectivity index (χ0) is 14.4. The molecule has 0 bridgehead atoms. The number of amides is 1. The average molecular weight is 275 g/mol. The van der Waals surface area contributed by atoms with Gasteiger partial charge in [-0.15, -0.1) is 0 Å². The summed E-state index contributed by atoms with van der Waals surface area (Å²) in [5, 5.41) is 0. The van der Waals surface area contributed by atoms with Gasteiger partial charge >= 0.3 is 0 Å². The molecule has 1 aromatic carbocycles. The Morgan fingerprint density at radius 3 is 2.20 bits per heavy atom. The molecule has 1 aliphatic heterocycles. The van der Waals surface area contributed by atoms with E-state index in [1.807, 2.05) is 11.0 Å². The van der Waals surface area contributed by atoms with Crippen LogP contribution >= 0.6 is 0 Å². The number of likely N-dealkylation sites (N-methyl/N-ethyl adjacent to an activating group) is 1. The van der Waals surface area contributed by atoms with E-state index in [0.717, 1.165) is 39.3 Å². The maximum absolute atomic E-state index is 12.2. The van der Waals surface area contributed by atoms with Crippen LogP contribution in [0.5, 0.6) is 0 Å². The van der Waals surface area contributed by atoms with Gasteiger partial charge in [-0.05, 0) is 25.2 Å². The first-order valence-electron chi connectivity index (χ1n) is 7.54. The first-order valence-corrected chi connectivity index (χ1v) is 7.54. The molecule has 1 amide bonds. The number of benzene rings is 1. The van der Waals surface area contributed by atoms with Crippen molar-refractivity contribution < 1.29 is 4.79 Å². The Balaban J connectivity index is 1.83. The molecular weight excluding hydrogens is 250 g/mol. The number of para-hydroxylation sites is 1. The lowest BCUT2D eigenvalue weighted by Crippen LogP contribution is -2.51. The van der Waals surface area contributed by atoms with Crippen LogP contribution in [0.4, 0.5) is 5.69 Å². The van der Waals surface area contributed by atoms with Gasteiger partial charge in [-0.25, -0.2) is 0 Å². The SMILES string of the molecule is CCN(CC)CC(=O)N1CCN(c2ccccc2)CC1. The molecule has 4 nitrogen and oxygen atoms in total. The third kappa shape index (κ3) is 3.73.